The number of benzene rings is 1. The zero-order chi connectivity index (χ0) is 18.8. The largest absolute Gasteiger partial charge is 0.276 e. The summed E-state index contributed by atoms with van der Waals surface area (Å²) in [6.45, 7) is 4.04. The lowest BCUT2D eigenvalue weighted by Gasteiger charge is -2.15. The van der Waals surface area contributed by atoms with E-state index < -0.39 is 0 Å². The highest BCUT2D eigenvalue weighted by molar-refractivity contribution is 5.86. The highest BCUT2D eigenvalue weighted by atomic mass is 15.3. The highest BCUT2D eigenvalue weighted by Gasteiger charge is 2.19. The second kappa shape index (κ2) is 6.89. The van der Waals surface area contributed by atoms with E-state index in [2.05, 4.69) is 33.5 Å². The van der Waals surface area contributed by atoms with Crippen LogP contribution in [0.4, 0.5) is 5.82 Å². The van der Waals surface area contributed by atoms with Crippen molar-refractivity contribution in [3.63, 3.8) is 0 Å². The second-order valence-electron chi connectivity index (χ2n) is 6.21. The van der Waals surface area contributed by atoms with E-state index in [1.54, 1.807) is 18.6 Å². The van der Waals surface area contributed by atoms with Crippen LogP contribution >= 0.6 is 0 Å². The Balaban J connectivity index is 1.95. The summed E-state index contributed by atoms with van der Waals surface area (Å²) in [4.78, 5) is 8.78. The lowest BCUT2D eigenvalue weighted by atomic mass is 10.0. The molecule has 6 nitrogen and oxygen atoms in total. The minimum Gasteiger partial charge on any atom is -0.276 e. The quantitative estimate of drug-likeness (QED) is 0.442. The van der Waals surface area contributed by atoms with Crippen LogP contribution in [0.1, 0.15) is 29.2 Å². The summed E-state index contributed by atoms with van der Waals surface area (Å²) < 4.78 is 1.99. The summed E-state index contributed by atoms with van der Waals surface area (Å²) >= 11 is 0. The molecule has 0 fully saturated rings. The van der Waals surface area contributed by atoms with Gasteiger partial charge in [-0.15, -0.1) is 0 Å². The van der Waals surface area contributed by atoms with E-state index in [1.807, 2.05) is 47.7 Å². The van der Waals surface area contributed by atoms with E-state index in [1.165, 1.54) is 0 Å². The van der Waals surface area contributed by atoms with Crippen LogP contribution in [-0.2, 0) is 6.42 Å². The summed E-state index contributed by atoms with van der Waals surface area (Å²) in [5, 5.41) is 14.1. The Morgan fingerprint density at radius 3 is 2.85 bits per heavy atom. The van der Waals surface area contributed by atoms with Gasteiger partial charge in [0.1, 0.15) is 11.9 Å². The lowest BCUT2D eigenvalue weighted by Crippen LogP contribution is -2.07. The van der Waals surface area contributed by atoms with Gasteiger partial charge in [-0.05, 0) is 42.7 Å². The molecule has 27 heavy (non-hydrogen) atoms. The van der Waals surface area contributed by atoms with Gasteiger partial charge in [-0.2, -0.15) is 10.4 Å². The van der Waals surface area contributed by atoms with E-state index in [9.17, 15) is 5.26 Å². The van der Waals surface area contributed by atoms with E-state index in [0.717, 1.165) is 40.0 Å². The molecule has 0 aliphatic rings. The molecule has 132 valence electrons. The van der Waals surface area contributed by atoms with Gasteiger partial charge in [0.2, 0.25) is 0 Å². The molecule has 3 aromatic heterocycles. The molecule has 4 rings (SSSR count). The second-order valence-corrected chi connectivity index (χ2v) is 6.21. The van der Waals surface area contributed by atoms with Gasteiger partial charge in [0.15, 0.2) is 5.65 Å². The Kier molecular flexibility index (Phi) is 4.27. The topological polar surface area (TPSA) is 78.4 Å². The molecule has 0 saturated carbocycles. The highest BCUT2D eigenvalue weighted by Crippen LogP contribution is 2.31. The molecule has 1 aromatic carbocycles. The monoisotopic (exact) mass is 354 g/mol. The van der Waals surface area contributed by atoms with Crippen molar-refractivity contribution in [1.29, 1.82) is 5.26 Å². The first-order valence-electron chi connectivity index (χ1n) is 8.76. The summed E-state index contributed by atoms with van der Waals surface area (Å²) in [6, 6.07) is 14.0. The molecular weight excluding hydrogens is 336 g/mol. The first-order valence-corrected chi connectivity index (χ1v) is 8.76. The Hall–Kier alpha value is -3.72. The fourth-order valence-electron chi connectivity index (χ4n) is 3.36. The molecule has 0 spiro atoms. The van der Waals surface area contributed by atoms with Crippen LogP contribution < -0.4 is 5.43 Å². The average Bonchev–Trinajstić information content (AvgIpc) is 3.08. The van der Waals surface area contributed by atoms with Gasteiger partial charge >= 0.3 is 0 Å². The third kappa shape index (κ3) is 2.79. The van der Waals surface area contributed by atoms with Gasteiger partial charge in [-0.25, -0.2) is 4.98 Å². The maximum Gasteiger partial charge on any atom is 0.157 e. The summed E-state index contributed by atoms with van der Waals surface area (Å²) in [5.41, 5.74) is 9.10. The van der Waals surface area contributed by atoms with Crippen molar-refractivity contribution in [3.8, 4) is 6.07 Å². The van der Waals surface area contributed by atoms with Crippen molar-refractivity contribution < 1.29 is 0 Å². The predicted molar refractivity (Wildman–Crippen MR) is 107 cm³/mol. The zero-order valence-electron chi connectivity index (χ0n) is 15.1. The summed E-state index contributed by atoms with van der Waals surface area (Å²) in [7, 11) is 0. The molecule has 0 unspecified atom stereocenters. The van der Waals surface area contributed by atoms with Crippen molar-refractivity contribution in [2.45, 2.75) is 20.3 Å². The van der Waals surface area contributed by atoms with Gasteiger partial charge in [0.05, 0.1) is 22.8 Å². The number of rotatable bonds is 4. The maximum atomic E-state index is 9.72. The molecule has 0 aliphatic carbocycles. The molecular formula is C21H18N6. The Bertz CT molecular complexity index is 1200. The van der Waals surface area contributed by atoms with Crippen molar-refractivity contribution in [3.05, 3.63) is 71.0 Å². The van der Waals surface area contributed by atoms with Crippen LogP contribution in [0, 0.1) is 18.3 Å². The van der Waals surface area contributed by atoms with E-state index >= 15 is 0 Å². The first-order chi connectivity index (χ1) is 13.2. The van der Waals surface area contributed by atoms with Crippen LogP contribution in [0.5, 0.6) is 0 Å². The number of aromatic nitrogens is 3. The summed E-state index contributed by atoms with van der Waals surface area (Å²) in [5.74, 6) is 0.831. The van der Waals surface area contributed by atoms with Crippen LogP contribution in [0.15, 0.2) is 53.9 Å². The Morgan fingerprint density at radius 1 is 1.26 bits per heavy atom. The van der Waals surface area contributed by atoms with Crippen molar-refractivity contribution in [2.75, 3.05) is 5.43 Å². The number of para-hydroxylation sites is 2. The van der Waals surface area contributed by atoms with Gasteiger partial charge in [0.25, 0.3) is 0 Å². The molecule has 1 N–H and O–H groups in total. The minimum absolute atomic E-state index is 0.602. The number of fused-ring (bicyclic) bond motifs is 3. The maximum absolute atomic E-state index is 9.72. The fourth-order valence-corrected chi connectivity index (χ4v) is 3.36. The number of pyridine rings is 2. The smallest absolute Gasteiger partial charge is 0.157 e. The Labute approximate surface area is 156 Å². The number of hydrogen-bond donors (Lipinski definition) is 1. The van der Waals surface area contributed by atoms with Crippen molar-refractivity contribution in [1.82, 2.24) is 14.4 Å². The van der Waals surface area contributed by atoms with Crippen molar-refractivity contribution >= 4 is 28.7 Å². The molecule has 0 bridgehead atoms. The van der Waals surface area contributed by atoms with Gasteiger partial charge < -0.3 is 0 Å². The molecule has 6 heteroatoms. The third-order valence-electron chi connectivity index (χ3n) is 4.66. The molecule has 0 atom stereocenters. The molecule has 3 heterocycles. The fraction of sp³-hybridized carbons (Fsp3) is 0.143. The zero-order valence-corrected chi connectivity index (χ0v) is 15.1. The van der Waals surface area contributed by atoms with Gasteiger partial charge in [-0.1, -0.05) is 25.1 Å². The van der Waals surface area contributed by atoms with E-state index in [4.69, 9.17) is 0 Å². The number of nitrogens with one attached hydrogen (secondary N) is 1. The standard InChI is InChI=1S/C21H18N6/c1-3-16-14(2)17(11-22)20-25-18-8-4-5-9-19(18)27(20)21(16)26-24-13-15-7-6-10-23-12-15/h4-10,12-13,26H,3H2,1-2H3/b24-13+. The molecule has 0 saturated heterocycles. The van der Waals surface area contributed by atoms with Crippen LogP contribution in [0.2, 0.25) is 0 Å². The van der Waals surface area contributed by atoms with Crippen LogP contribution in [0.3, 0.4) is 0 Å². The number of imidazole rings is 1. The number of hydrogen-bond acceptors (Lipinski definition) is 5. The minimum atomic E-state index is 0.602. The molecule has 0 radical (unpaired) electrons. The SMILES string of the molecule is CCc1c(C)c(C#N)c2nc3ccccc3n2c1N/N=C/c1cccnc1. The summed E-state index contributed by atoms with van der Waals surface area (Å²) in [6.07, 6.45) is 5.97. The molecule has 0 aliphatic heterocycles. The number of anilines is 1. The average molecular weight is 354 g/mol. The lowest BCUT2D eigenvalue weighted by molar-refractivity contribution is 1.04. The number of hydrazone groups is 1. The predicted octanol–water partition coefficient (Wildman–Crippen LogP) is 4.07. The molecule has 4 aromatic rings. The van der Waals surface area contributed by atoms with Gasteiger partial charge in [-0.3, -0.25) is 14.8 Å². The van der Waals surface area contributed by atoms with Crippen LogP contribution in [0.25, 0.3) is 16.7 Å². The molecule has 0 amide bonds. The number of nitriles is 1. The first kappa shape index (κ1) is 16.7. The van der Waals surface area contributed by atoms with Crippen molar-refractivity contribution in [2.24, 2.45) is 5.10 Å². The third-order valence-corrected chi connectivity index (χ3v) is 4.66. The van der Waals surface area contributed by atoms with Gasteiger partial charge in [0, 0.05) is 18.0 Å². The van der Waals surface area contributed by atoms with Crippen LogP contribution in [-0.4, -0.2) is 20.6 Å². The number of nitrogens with zero attached hydrogens (tertiary/aromatic N) is 5. The van der Waals surface area contributed by atoms with E-state index in [0.29, 0.717) is 11.2 Å². The van der Waals surface area contributed by atoms with E-state index in [-0.39, 0.29) is 0 Å². The Morgan fingerprint density at radius 2 is 2.11 bits per heavy atom. The normalized spacial score (nSPS) is 11.3.